The lowest BCUT2D eigenvalue weighted by Gasteiger charge is -2.09. The van der Waals surface area contributed by atoms with Crippen LogP contribution in [0.2, 0.25) is 0 Å². The molecule has 0 spiro atoms. The highest BCUT2D eigenvalue weighted by atomic mass is 32.2. The van der Waals surface area contributed by atoms with Gasteiger partial charge in [-0.3, -0.25) is 4.79 Å². The maximum Gasteiger partial charge on any atom is 0.207 e. The minimum atomic E-state index is -3.75. The van der Waals surface area contributed by atoms with Crippen LogP contribution in [0.5, 0.6) is 0 Å². The van der Waals surface area contributed by atoms with Crippen LogP contribution in [0.25, 0.3) is 11.1 Å². The van der Waals surface area contributed by atoms with Crippen LogP contribution in [0.15, 0.2) is 76.5 Å². The van der Waals surface area contributed by atoms with Crippen LogP contribution in [-0.2, 0) is 9.84 Å². The molecule has 3 nitrogen and oxygen atoms in total. The van der Waals surface area contributed by atoms with Crippen molar-refractivity contribution in [1.29, 1.82) is 0 Å². The van der Waals surface area contributed by atoms with Crippen molar-refractivity contribution >= 4 is 15.6 Å². The molecule has 24 heavy (non-hydrogen) atoms. The van der Waals surface area contributed by atoms with Crippen LogP contribution >= 0.6 is 0 Å². The van der Waals surface area contributed by atoms with Crippen LogP contribution in [0, 0.1) is 6.92 Å². The summed E-state index contributed by atoms with van der Waals surface area (Å²) in [6.07, 6.45) is 0. The van der Waals surface area contributed by atoms with E-state index in [9.17, 15) is 13.2 Å². The maximum absolute atomic E-state index is 13.0. The van der Waals surface area contributed by atoms with E-state index in [1.165, 1.54) is 6.07 Å². The molecule has 118 valence electrons. The normalized spacial score (nSPS) is 12.8. The second-order valence-corrected chi connectivity index (χ2v) is 7.79. The molecule has 0 aliphatic heterocycles. The van der Waals surface area contributed by atoms with Gasteiger partial charge in [0.1, 0.15) is 0 Å². The second kappa shape index (κ2) is 5.14. The third-order valence-electron chi connectivity index (χ3n) is 4.34. The van der Waals surface area contributed by atoms with Crippen molar-refractivity contribution in [3.63, 3.8) is 0 Å². The zero-order valence-corrected chi connectivity index (χ0v) is 13.8. The number of aryl methyl sites for hydroxylation is 1. The molecule has 1 aliphatic rings. The summed E-state index contributed by atoms with van der Waals surface area (Å²) >= 11 is 0. The van der Waals surface area contributed by atoms with Crippen LogP contribution < -0.4 is 0 Å². The molecular weight excluding hydrogens is 320 g/mol. The summed E-state index contributed by atoms with van der Waals surface area (Å²) in [6.45, 7) is 1.90. The monoisotopic (exact) mass is 334 g/mol. The summed E-state index contributed by atoms with van der Waals surface area (Å²) in [7, 11) is -3.75. The van der Waals surface area contributed by atoms with Crippen molar-refractivity contribution in [2.45, 2.75) is 16.7 Å². The van der Waals surface area contributed by atoms with E-state index in [4.69, 9.17) is 0 Å². The first-order valence-electron chi connectivity index (χ1n) is 7.59. The smallest absolute Gasteiger partial charge is 0.207 e. The Morgan fingerprint density at radius 1 is 0.708 bits per heavy atom. The fraction of sp³-hybridized carbons (Fsp3) is 0.0500. The molecule has 3 aromatic rings. The molecule has 0 saturated carbocycles. The largest absolute Gasteiger partial charge is 0.289 e. The Bertz CT molecular complexity index is 1080. The highest BCUT2D eigenvalue weighted by Crippen LogP contribution is 2.40. The number of hydrogen-bond donors (Lipinski definition) is 0. The molecule has 0 radical (unpaired) electrons. The third-order valence-corrected chi connectivity index (χ3v) is 6.15. The Kier molecular flexibility index (Phi) is 3.18. The van der Waals surface area contributed by atoms with E-state index in [-0.39, 0.29) is 21.1 Å². The van der Waals surface area contributed by atoms with Crippen LogP contribution in [0.1, 0.15) is 21.5 Å². The number of carbonyl (C=O) groups is 1. The molecule has 1 aliphatic carbocycles. The highest BCUT2D eigenvalue weighted by molar-refractivity contribution is 7.91. The van der Waals surface area contributed by atoms with Gasteiger partial charge in [0, 0.05) is 11.1 Å². The van der Waals surface area contributed by atoms with Gasteiger partial charge in [0.2, 0.25) is 9.84 Å². The van der Waals surface area contributed by atoms with Crippen molar-refractivity contribution in [3.8, 4) is 11.1 Å². The maximum atomic E-state index is 13.0. The van der Waals surface area contributed by atoms with Gasteiger partial charge in [-0.2, -0.15) is 0 Å². The molecule has 3 aromatic carbocycles. The summed E-state index contributed by atoms with van der Waals surface area (Å²) < 4.78 is 26.1. The van der Waals surface area contributed by atoms with Gasteiger partial charge in [-0.25, -0.2) is 8.42 Å². The molecule has 0 unspecified atom stereocenters. The van der Waals surface area contributed by atoms with E-state index >= 15 is 0 Å². The summed E-state index contributed by atoms with van der Waals surface area (Å²) in [5.74, 6) is -0.230. The van der Waals surface area contributed by atoms with Crippen LogP contribution in [-0.4, -0.2) is 14.2 Å². The predicted molar refractivity (Wildman–Crippen MR) is 91.9 cm³/mol. The number of ketones is 1. The number of carbonyl (C=O) groups excluding carboxylic acids is 1. The topological polar surface area (TPSA) is 51.2 Å². The molecule has 0 N–H and O–H groups in total. The standard InChI is InChI=1S/C20H14O3S/c1-13-9-11-14(12-10-13)24(22,23)18-8-4-7-16-15-5-2-3-6-17(15)20(21)19(16)18/h2-12H,1H3. The van der Waals surface area contributed by atoms with Gasteiger partial charge in [-0.05, 0) is 36.2 Å². The van der Waals surface area contributed by atoms with Crippen molar-refractivity contribution in [2.24, 2.45) is 0 Å². The van der Waals surface area contributed by atoms with E-state index in [0.717, 1.165) is 11.1 Å². The van der Waals surface area contributed by atoms with Crippen molar-refractivity contribution in [2.75, 3.05) is 0 Å². The number of sulfone groups is 1. The molecule has 0 atom stereocenters. The second-order valence-electron chi connectivity index (χ2n) is 5.87. The van der Waals surface area contributed by atoms with E-state index < -0.39 is 9.84 Å². The van der Waals surface area contributed by atoms with Crippen molar-refractivity contribution in [3.05, 3.63) is 83.4 Å². The first kappa shape index (κ1) is 14.8. The van der Waals surface area contributed by atoms with Crippen molar-refractivity contribution < 1.29 is 13.2 Å². The predicted octanol–water partition coefficient (Wildman–Crippen LogP) is 4.04. The van der Waals surface area contributed by atoms with Gasteiger partial charge in [0.25, 0.3) is 0 Å². The summed E-state index contributed by atoms with van der Waals surface area (Å²) in [6, 6.07) is 18.9. The zero-order chi connectivity index (χ0) is 16.9. The van der Waals surface area contributed by atoms with Crippen LogP contribution in [0.4, 0.5) is 0 Å². The molecule has 0 heterocycles. The molecule has 0 amide bonds. The molecule has 0 fully saturated rings. The summed E-state index contributed by atoms with van der Waals surface area (Å²) in [4.78, 5) is 13.0. The Labute approximate surface area is 140 Å². The first-order valence-corrected chi connectivity index (χ1v) is 9.07. The van der Waals surface area contributed by atoms with Gasteiger partial charge >= 0.3 is 0 Å². The number of benzene rings is 3. The molecule has 0 saturated heterocycles. The van der Waals surface area contributed by atoms with E-state index in [0.29, 0.717) is 11.1 Å². The Morgan fingerprint density at radius 2 is 1.33 bits per heavy atom. The molecule has 0 aromatic heterocycles. The lowest BCUT2D eigenvalue weighted by Crippen LogP contribution is -2.08. The number of hydrogen-bond acceptors (Lipinski definition) is 3. The van der Waals surface area contributed by atoms with E-state index in [1.807, 2.05) is 19.1 Å². The number of rotatable bonds is 2. The Hall–Kier alpha value is -2.72. The van der Waals surface area contributed by atoms with Gasteiger partial charge < -0.3 is 0 Å². The molecule has 4 rings (SSSR count). The van der Waals surface area contributed by atoms with E-state index in [1.54, 1.807) is 48.5 Å². The average Bonchev–Trinajstić information content (AvgIpc) is 2.89. The highest BCUT2D eigenvalue weighted by Gasteiger charge is 2.33. The lowest BCUT2D eigenvalue weighted by molar-refractivity contribution is 0.104. The van der Waals surface area contributed by atoms with Crippen LogP contribution in [0.3, 0.4) is 0 Å². The fourth-order valence-electron chi connectivity index (χ4n) is 3.11. The SMILES string of the molecule is Cc1ccc(S(=O)(=O)c2cccc3c2C(=O)c2ccccc2-3)cc1. The number of fused-ring (bicyclic) bond motifs is 3. The Morgan fingerprint density at radius 3 is 2.04 bits per heavy atom. The average molecular weight is 334 g/mol. The van der Waals surface area contributed by atoms with Gasteiger partial charge in [0.05, 0.1) is 9.79 Å². The third kappa shape index (κ3) is 2.03. The molecular formula is C20H14O3S. The molecule has 0 bridgehead atoms. The van der Waals surface area contributed by atoms with Crippen molar-refractivity contribution in [1.82, 2.24) is 0 Å². The minimum Gasteiger partial charge on any atom is -0.289 e. The Balaban J connectivity index is 1.97. The molecule has 4 heteroatoms. The van der Waals surface area contributed by atoms with Gasteiger partial charge in [0.15, 0.2) is 5.78 Å². The van der Waals surface area contributed by atoms with E-state index in [2.05, 4.69) is 0 Å². The zero-order valence-electron chi connectivity index (χ0n) is 13.0. The minimum absolute atomic E-state index is 0.0741. The summed E-state index contributed by atoms with van der Waals surface area (Å²) in [5.41, 5.74) is 3.29. The quantitative estimate of drug-likeness (QED) is 0.556. The van der Waals surface area contributed by atoms with Gasteiger partial charge in [-0.15, -0.1) is 0 Å². The first-order chi connectivity index (χ1) is 11.5. The lowest BCUT2D eigenvalue weighted by atomic mass is 10.1. The van der Waals surface area contributed by atoms with Gasteiger partial charge in [-0.1, -0.05) is 54.1 Å². The fourth-order valence-corrected chi connectivity index (χ4v) is 4.59. The summed E-state index contributed by atoms with van der Waals surface area (Å²) in [5, 5.41) is 0.